The lowest BCUT2D eigenvalue weighted by Crippen LogP contribution is -2.45. The monoisotopic (exact) mass is 391 g/mol. The fraction of sp³-hybridized carbons (Fsp3) is 0.417. The van der Waals surface area contributed by atoms with Gasteiger partial charge in [-0.3, -0.25) is 9.59 Å². The molecule has 2 fully saturated rings. The molecule has 0 aromatic heterocycles. The minimum atomic E-state index is -0.166. The predicted octanol–water partition coefficient (Wildman–Crippen LogP) is 3.85. The number of rotatable bonds is 6. The molecule has 5 nitrogen and oxygen atoms in total. The maximum atomic E-state index is 13.0. The van der Waals surface area contributed by atoms with Gasteiger partial charge in [0.25, 0.3) is 11.8 Å². The van der Waals surface area contributed by atoms with E-state index in [2.05, 4.69) is 10.6 Å². The highest BCUT2D eigenvalue weighted by Crippen LogP contribution is 2.28. The molecule has 1 aliphatic heterocycles. The van der Waals surface area contributed by atoms with E-state index in [4.69, 9.17) is 0 Å². The molecule has 4 rings (SSSR count). The first-order valence-electron chi connectivity index (χ1n) is 10.6. The van der Waals surface area contributed by atoms with Crippen LogP contribution in [0.5, 0.6) is 0 Å². The zero-order valence-electron chi connectivity index (χ0n) is 17.0. The molecule has 152 valence electrons. The topological polar surface area (TPSA) is 61.4 Å². The van der Waals surface area contributed by atoms with Gasteiger partial charge in [-0.15, -0.1) is 0 Å². The van der Waals surface area contributed by atoms with E-state index in [9.17, 15) is 9.59 Å². The van der Waals surface area contributed by atoms with Crippen molar-refractivity contribution in [2.45, 2.75) is 38.6 Å². The molecule has 2 aromatic rings. The lowest BCUT2D eigenvalue weighted by atomic mass is 10.0. The first-order chi connectivity index (χ1) is 14.1. The van der Waals surface area contributed by atoms with Crippen molar-refractivity contribution < 1.29 is 9.59 Å². The van der Waals surface area contributed by atoms with E-state index in [-0.39, 0.29) is 11.8 Å². The Morgan fingerprint density at radius 3 is 2.38 bits per heavy atom. The van der Waals surface area contributed by atoms with Gasteiger partial charge in [-0.2, -0.15) is 0 Å². The SMILES string of the molecule is Cc1ccc(C(=O)N2CCC(NCC3CC3)CC2)cc1NC(=O)c1ccccc1. The molecule has 1 saturated carbocycles. The zero-order chi connectivity index (χ0) is 20.2. The fourth-order valence-electron chi connectivity index (χ4n) is 3.80. The van der Waals surface area contributed by atoms with Gasteiger partial charge in [-0.05, 0) is 74.9 Å². The van der Waals surface area contributed by atoms with E-state index in [1.807, 2.05) is 42.2 Å². The number of aryl methyl sites for hydroxylation is 1. The number of likely N-dealkylation sites (tertiary alicyclic amines) is 1. The first-order valence-corrected chi connectivity index (χ1v) is 10.6. The van der Waals surface area contributed by atoms with Crippen LogP contribution in [-0.2, 0) is 0 Å². The summed E-state index contributed by atoms with van der Waals surface area (Å²) in [5.41, 5.74) is 2.85. The molecule has 29 heavy (non-hydrogen) atoms. The zero-order valence-corrected chi connectivity index (χ0v) is 17.0. The fourth-order valence-corrected chi connectivity index (χ4v) is 3.80. The van der Waals surface area contributed by atoms with E-state index in [1.165, 1.54) is 12.8 Å². The summed E-state index contributed by atoms with van der Waals surface area (Å²) >= 11 is 0. The number of nitrogens with zero attached hydrogens (tertiary/aromatic N) is 1. The maximum absolute atomic E-state index is 13.0. The van der Waals surface area contributed by atoms with Crippen LogP contribution in [0.2, 0.25) is 0 Å². The summed E-state index contributed by atoms with van der Waals surface area (Å²) in [5.74, 6) is 0.758. The second kappa shape index (κ2) is 8.78. The van der Waals surface area contributed by atoms with Gasteiger partial charge in [0.15, 0.2) is 0 Å². The van der Waals surface area contributed by atoms with Gasteiger partial charge in [-0.1, -0.05) is 24.3 Å². The van der Waals surface area contributed by atoms with Crippen molar-refractivity contribution in [1.82, 2.24) is 10.2 Å². The lowest BCUT2D eigenvalue weighted by molar-refractivity contribution is 0.0704. The highest BCUT2D eigenvalue weighted by Gasteiger charge is 2.26. The van der Waals surface area contributed by atoms with Gasteiger partial charge in [0.2, 0.25) is 0 Å². The summed E-state index contributed by atoms with van der Waals surface area (Å²) in [7, 11) is 0. The Kier molecular flexibility index (Phi) is 5.95. The Hall–Kier alpha value is -2.66. The number of carbonyl (C=O) groups is 2. The van der Waals surface area contributed by atoms with Crippen molar-refractivity contribution in [2.24, 2.45) is 5.92 Å². The lowest BCUT2D eigenvalue weighted by Gasteiger charge is -2.32. The Bertz CT molecular complexity index is 869. The number of nitrogens with one attached hydrogen (secondary N) is 2. The third-order valence-corrected chi connectivity index (χ3v) is 5.94. The molecule has 5 heteroatoms. The predicted molar refractivity (Wildman–Crippen MR) is 115 cm³/mol. The molecule has 1 saturated heterocycles. The molecule has 0 unspecified atom stereocenters. The molecule has 2 aliphatic rings. The molecular weight excluding hydrogens is 362 g/mol. The van der Waals surface area contributed by atoms with Gasteiger partial charge >= 0.3 is 0 Å². The largest absolute Gasteiger partial charge is 0.339 e. The van der Waals surface area contributed by atoms with E-state index in [0.717, 1.165) is 44.0 Å². The van der Waals surface area contributed by atoms with Gasteiger partial charge in [0, 0.05) is 35.9 Å². The van der Waals surface area contributed by atoms with Gasteiger partial charge in [0.05, 0.1) is 0 Å². The van der Waals surface area contributed by atoms with E-state index in [1.54, 1.807) is 18.2 Å². The Morgan fingerprint density at radius 1 is 0.966 bits per heavy atom. The average molecular weight is 392 g/mol. The molecule has 2 N–H and O–H groups in total. The van der Waals surface area contributed by atoms with E-state index >= 15 is 0 Å². The molecule has 0 spiro atoms. The molecule has 0 bridgehead atoms. The minimum Gasteiger partial charge on any atom is -0.339 e. The summed E-state index contributed by atoms with van der Waals surface area (Å²) in [6, 6.07) is 15.2. The molecule has 2 aromatic carbocycles. The number of amides is 2. The van der Waals surface area contributed by atoms with Crippen LogP contribution in [0.1, 0.15) is 52.0 Å². The van der Waals surface area contributed by atoms with Crippen molar-refractivity contribution in [2.75, 3.05) is 25.0 Å². The second-order valence-electron chi connectivity index (χ2n) is 8.27. The van der Waals surface area contributed by atoms with Crippen LogP contribution in [0.4, 0.5) is 5.69 Å². The number of hydrogen-bond acceptors (Lipinski definition) is 3. The van der Waals surface area contributed by atoms with Crippen LogP contribution in [0, 0.1) is 12.8 Å². The van der Waals surface area contributed by atoms with Gasteiger partial charge < -0.3 is 15.5 Å². The third-order valence-electron chi connectivity index (χ3n) is 5.94. The molecule has 0 atom stereocenters. The minimum absolute atomic E-state index is 0.0425. The van der Waals surface area contributed by atoms with Gasteiger partial charge in [0.1, 0.15) is 0 Å². The molecule has 0 radical (unpaired) electrons. The van der Waals surface area contributed by atoms with Crippen LogP contribution >= 0.6 is 0 Å². The van der Waals surface area contributed by atoms with Crippen LogP contribution in [-0.4, -0.2) is 42.4 Å². The number of piperidine rings is 1. The van der Waals surface area contributed by atoms with Crippen LogP contribution in [0.3, 0.4) is 0 Å². The number of benzene rings is 2. The molecular formula is C24H29N3O2. The Balaban J connectivity index is 1.37. The van der Waals surface area contributed by atoms with Crippen molar-refractivity contribution in [3.63, 3.8) is 0 Å². The average Bonchev–Trinajstić information content (AvgIpc) is 3.59. The van der Waals surface area contributed by atoms with E-state index in [0.29, 0.717) is 22.9 Å². The van der Waals surface area contributed by atoms with Crippen LogP contribution in [0.15, 0.2) is 48.5 Å². The molecule has 1 heterocycles. The summed E-state index contributed by atoms with van der Waals surface area (Å²) in [5, 5.41) is 6.60. The number of anilines is 1. The summed E-state index contributed by atoms with van der Waals surface area (Å²) in [6.07, 6.45) is 4.73. The Morgan fingerprint density at radius 2 is 1.69 bits per heavy atom. The molecule has 2 amide bonds. The van der Waals surface area contributed by atoms with Crippen LogP contribution < -0.4 is 10.6 Å². The maximum Gasteiger partial charge on any atom is 0.255 e. The standard InChI is InChI=1S/C24H29N3O2/c1-17-7-10-20(15-22(17)26-23(28)19-5-3-2-4-6-19)24(29)27-13-11-21(12-14-27)25-16-18-8-9-18/h2-7,10,15,18,21,25H,8-9,11-14,16H2,1H3,(H,26,28). The van der Waals surface area contributed by atoms with Crippen molar-refractivity contribution >= 4 is 17.5 Å². The van der Waals surface area contributed by atoms with Gasteiger partial charge in [-0.25, -0.2) is 0 Å². The second-order valence-corrected chi connectivity index (χ2v) is 8.27. The van der Waals surface area contributed by atoms with Crippen molar-refractivity contribution in [3.05, 3.63) is 65.2 Å². The number of carbonyl (C=O) groups excluding carboxylic acids is 2. The third kappa shape index (κ3) is 5.04. The highest BCUT2D eigenvalue weighted by atomic mass is 16.2. The quantitative estimate of drug-likeness (QED) is 0.786. The first kappa shape index (κ1) is 19.6. The highest BCUT2D eigenvalue weighted by molar-refractivity contribution is 6.05. The Labute approximate surface area is 172 Å². The van der Waals surface area contributed by atoms with Crippen molar-refractivity contribution in [1.29, 1.82) is 0 Å². The van der Waals surface area contributed by atoms with Crippen LogP contribution in [0.25, 0.3) is 0 Å². The summed E-state index contributed by atoms with van der Waals surface area (Å²) in [4.78, 5) is 27.4. The summed E-state index contributed by atoms with van der Waals surface area (Å²) < 4.78 is 0. The normalized spacial score (nSPS) is 17.2. The van der Waals surface area contributed by atoms with Crippen molar-refractivity contribution in [3.8, 4) is 0 Å². The van der Waals surface area contributed by atoms with E-state index < -0.39 is 0 Å². The molecule has 1 aliphatic carbocycles. The summed E-state index contributed by atoms with van der Waals surface area (Å²) in [6.45, 7) is 4.62. The number of hydrogen-bond donors (Lipinski definition) is 2. The smallest absolute Gasteiger partial charge is 0.255 e.